The molecule has 0 atom stereocenters. The summed E-state index contributed by atoms with van der Waals surface area (Å²) in [6, 6.07) is 14.5. The number of aromatic nitrogens is 1. The Labute approximate surface area is 153 Å². The highest BCUT2D eigenvalue weighted by atomic mass is 16.1. The number of benzene rings is 2. The second-order valence-electron chi connectivity index (χ2n) is 6.36. The molecule has 0 saturated heterocycles. The first-order valence-corrected chi connectivity index (χ1v) is 8.70. The van der Waals surface area contributed by atoms with Crippen molar-refractivity contribution >= 4 is 22.5 Å². The number of aromatic amines is 1. The summed E-state index contributed by atoms with van der Waals surface area (Å²) in [5.41, 5.74) is 4.14. The van der Waals surface area contributed by atoms with E-state index < -0.39 is 0 Å². The maximum atomic E-state index is 12.4. The summed E-state index contributed by atoms with van der Waals surface area (Å²) >= 11 is 0. The molecular weight excluding hydrogens is 324 g/mol. The molecule has 0 aliphatic heterocycles. The number of hydrogen-bond acceptors (Lipinski definition) is 3. The highest BCUT2D eigenvalue weighted by Crippen LogP contribution is 2.23. The Bertz CT molecular complexity index is 950. The van der Waals surface area contributed by atoms with Gasteiger partial charge in [-0.1, -0.05) is 6.92 Å². The predicted molar refractivity (Wildman–Crippen MR) is 104 cm³/mol. The van der Waals surface area contributed by atoms with Crippen molar-refractivity contribution in [3.8, 4) is 6.07 Å². The van der Waals surface area contributed by atoms with Gasteiger partial charge in [0.1, 0.15) is 0 Å². The summed E-state index contributed by atoms with van der Waals surface area (Å²) in [5, 5.41) is 12.9. The van der Waals surface area contributed by atoms with Crippen LogP contribution in [0.4, 0.5) is 5.69 Å². The van der Waals surface area contributed by atoms with Gasteiger partial charge in [0, 0.05) is 34.9 Å². The minimum absolute atomic E-state index is 0.184. The quantitative estimate of drug-likeness (QED) is 0.713. The number of likely N-dealkylation sites (N-methyl/N-ethyl adjacent to an activating group) is 1. The fraction of sp³-hybridized carbons (Fsp3) is 0.238. The van der Waals surface area contributed by atoms with Crippen LogP contribution in [0.5, 0.6) is 0 Å². The summed E-state index contributed by atoms with van der Waals surface area (Å²) in [5.74, 6) is -0.184. The molecule has 0 spiro atoms. The van der Waals surface area contributed by atoms with Crippen molar-refractivity contribution in [3.05, 3.63) is 65.4 Å². The van der Waals surface area contributed by atoms with Gasteiger partial charge >= 0.3 is 0 Å². The van der Waals surface area contributed by atoms with Gasteiger partial charge < -0.3 is 15.2 Å². The van der Waals surface area contributed by atoms with E-state index in [4.69, 9.17) is 5.26 Å². The lowest BCUT2D eigenvalue weighted by Crippen LogP contribution is -2.20. The third-order valence-electron chi connectivity index (χ3n) is 4.60. The summed E-state index contributed by atoms with van der Waals surface area (Å²) in [7, 11) is 2.11. The maximum absolute atomic E-state index is 12.4. The molecule has 0 aliphatic carbocycles. The van der Waals surface area contributed by atoms with E-state index in [1.165, 1.54) is 5.56 Å². The number of H-pyrrole nitrogens is 1. The fourth-order valence-corrected chi connectivity index (χ4v) is 2.83. The van der Waals surface area contributed by atoms with Crippen molar-refractivity contribution < 1.29 is 4.79 Å². The molecule has 0 saturated carbocycles. The Morgan fingerprint density at radius 3 is 2.69 bits per heavy atom. The van der Waals surface area contributed by atoms with E-state index in [0.29, 0.717) is 11.1 Å². The average molecular weight is 346 g/mol. The van der Waals surface area contributed by atoms with E-state index in [1.807, 2.05) is 24.4 Å². The smallest absolute Gasteiger partial charge is 0.255 e. The second kappa shape index (κ2) is 7.85. The number of fused-ring (bicyclic) bond motifs is 1. The van der Waals surface area contributed by atoms with Crippen molar-refractivity contribution in [1.82, 2.24) is 9.88 Å². The van der Waals surface area contributed by atoms with Crippen molar-refractivity contribution in [1.29, 1.82) is 5.26 Å². The molecule has 26 heavy (non-hydrogen) atoms. The van der Waals surface area contributed by atoms with Crippen LogP contribution in [-0.2, 0) is 6.42 Å². The second-order valence-corrected chi connectivity index (χ2v) is 6.36. The summed E-state index contributed by atoms with van der Waals surface area (Å²) in [6.45, 7) is 4.16. The van der Waals surface area contributed by atoms with Gasteiger partial charge in [0.15, 0.2) is 0 Å². The molecule has 0 fully saturated rings. The molecule has 1 aromatic heterocycles. The van der Waals surface area contributed by atoms with Gasteiger partial charge in [-0.05, 0) is 68.0 Å². The molecule has 1 amide bonds. The van der Waals surface area contributed by atoms with Gasteiger partial charge in [0.05, 0.1) is 11.6 Å². The molecule has 3 rings (SSSR count). The number of nitriles is 1. The first-order valence-electron chi connectivity index (χ1n) is 8.70. The van der Waals surface area contributed by atoms with E-state index >= 15 is 0 Å². The van der Waals surface area contributed by atoms with Gasteiger partial charge in [-0.15, -0.1) is 0 Å². The van der Waals surface area contributed by atoms with Crippen LogP contribution >= 0.6 is 0 Å². The molecule has 0 aliphatic rings. The van der Waals surface area contributed by atoms with E-state index in [9.17, 15) is 4.79 Å². The minimum atomic E-state index is -0.184. The summed E-state index contributed by atoms with van der Waals surface area (Å²) in [6.07, 6.45) is 3.00. The van der Waals surface area contributed by atoms with E-state index in [2.05, 4.69) is 35.2 Å². The van der Waals surface area contributed by atoms with Crippen LogP contribution in [0.15, 0.2) is 48.7 Å². The molecule has 0 radical (unpaired) electrons. The van der Waals surface area contributed by atoms with Gasteiger partial charge in [0.2, 0.25) is 0 Å². The highest BCUT2D eigenvalue weighted by Gasteiger charge is 2.09. The first-order chi connectivity index (χ1) is 12.6. The lowest BCUT2D eigenvalue weighted by atomic mass is 10.1. The monoisotopic (exact) mass is 346 g/mol. The number of carbonyl (C=O) groups excluding carboxylic acids is 1. The van der Waals surface area contributed by atoms with Gasteiger partial charge in [-0.2, -0.15) is 5.26 Å². The van der Waals surface area contributed by atoms with Crippen molar-refractivity contribution in [2.75, 3.05) is 25.5 Å². The predicted octanol–water partition coefficient (Wildman–Crippen LogP) is 3.79. The number of carbonyl (C=O) groups is 1. The van der Waals surface area contributed by atoms with Gasteiger partial charge in [-0.25, -0.2) is 0 Å². The molecule has 0 bridgehead atoms. The van der Waals surface area contributed by atoms with Gasteiger partial charge in [0.25, 0.3) is 5.91 Å². The largest absolute Gasteiger partial charge is 0.361 e. The minimum Gasteiger partial charge on any atom is -0.361 e. The topological polar surface area (TPSA) is 71.9 Å². The SMILES string of the molecule is CCN(C)CCc1c[nH]c2ccc(NC(=O)c3ccc(C#N)cc3)cc12. The third-order valence-corrected chi connectivity index (χ3v) is 4.60. The Balaban J connectivity index is 1.77. The standard InChI is InChI=1S/C21H22N4O/c1-3-25(2)11-10-17-14-23-20-9-8-18(12-19(17)20)24-21(26)16-6-4-15(13-22)5-7-16/h4-9,12,14,23H,3,10-11H2,1-2H3,(H,24,26). The van der Waals surface area contributed by atoms with Crippen LogP contribution in [-0.4, -0.2) is 35.9 Å². The molecule has 2 N–H and O–H groups in total. The Morgan fingerprint density at radius 2 is 2.00 bits per heavy atom. The van der Waals surface area contributed by atoms with Crippen LogP contribution in [0.25, 0.3) is 10.9 Å². The summed E-state index contributed by atoms with van der Waals surface area (Å²) in [4.78, 5) is 18.0. The maximum Gasteiger partial charge on any atom is 0.255 e. The number of anilines is 1. The van der Waals surface area contributed by atoms with Crippen LogP contribution < -0.4 is 5.32 Å². The van der Waals surface area contributed by atoms with E-state index in [0.717, 1.165) is 36.1 Å². The van der Waals surface area contributed by atoms with Crippen LogP contribution in [0.2, 0.25) is 0 Å². The van der Waals surface area contributed by atoms with Crippen molar-refractivity contribution in [2.24, 2.45) is 0 Å². The van der Waals surface area contributed by atoms with Crippen LogP contribution in [0.1, 0.15) is 28.4 Å². The van der Waals surface area contributed by atoms with Crippen LogP contribution in [0, 0.1) is 11.3 Å². The number of hydrogen-bond donors (Lipinski definition) is 2. The Kier molecular flexibility index (Phi) is 5.35. The zero-order valence-electron chi connectivity index (χ0n) is 15.0. The average Bonchev–Trinajstić information content (AvgIpc) is 3.08. The molecule has 132 valence electrons. The lowest BCUT2D eigenvalue weighted by Gasteiger charge is -2.13. The highest BCUT2D eigenvalue weighted by molar-refractivity contribution is 6.05. The molecule has 3 aromatic rings. The van der Waals surface area contributed by atoms with E-state index in [1.54, 1.807) is 24.3 Å². The zero-order chi connectivity index (χ0) is 18.5. The van der Waals surface area contributed by atoms with E-state index in [-0.39, 0.29) is 5.91 Å². The molecule has 1 heterocycles. The third kappa shape index (κ3) is 3.93. The fourth-order valence-electron chi connectivity index (χ4n) is 2.83. The van der Waals surface area contributed by atoms with Crippen molar-refractivity contribution in [3.63, 3.8) is 0 Å². The Hall–Kier alpha value is -3.10. The molecule has 5 heteroatoms. The lowest BCUT2D eigenvalue weighted by molar-refractivity contribution is 0.102. The number of amides is 1. The Morgan fingerprint density at radius 1 is 1.23 bits per heavy atom. The van der Waals surface area contributed by atoms with Gasteiger partial charge in [-0.3, -0.25) is 4.79 Å². The normalized spacial score (nSPS) is 10.8. The molecular formula is C21H22N4O. The summed E-state index contributed by atoms with van der Waals surface area (Å²) < 4.78 is 0. The van der Waals surface area contributed by atoms with Crippen LogP contribution in [0.3, 0.4) is 0 Å². The molecule has 5 nitrogen and oxygen atoms in total. The first kappa shape index (κ1) is 17.7. The number of nitrogens with zero attached hydrogens (tertiary/aromatic N) is 2. The zero-order valence-corrected chi connectivity index (χ0v) is 15.0. The molecule has 2 aromatic carbocycles. The molecule has 0 unspecified atom stereocenters. The van der Waals surface area contributed by atoms with Crippen molar-refractivity contribution in [2.45, 2.75) is 13.3 Å². The number of rotatable bonds is 6. The number of nitrogens with one attached hydrogen (secondary N) is 2.